The molecule has 0 aromatic carbocycles. The van der Waals surface area contributed by atoms with Crippen LogP contribution in [0.15, 0.2) is 10.8 Å². The molecule has 0 N–H and O–H groups in total. The minimum atomic E-state index is 0.120. The van der Waals surface area contributed by atoms with Crippen molar-refractivity contribution in [2.45, 2.75) is 6.92 Å². The van der Waals surface area contributed by atoms with E-state index in [1.807, 2.05) is 6.92 Å². The summed E-state index contributed by atoms with van der Waals surface area (Å²) in [7, 11) is 0. The number of hydrogen-bond acceptors (Lipinski definition) is 2. The molecule has 0 saturated carbocycles. The maximum atomic E-state index is 4.71. The summed E-state index contributed by atoms with van der Waals surface area (Å²) in [4.78, 5) is 2.17. The van der Waals surface area contributed by atoms with Crippen molar-refractivity contribution >= 4 is 0 Å². The van der Waals surface area contributed by atoms with Gasteiger partial charge in [0, 0.05) is 0 Å². The van der Waals surface area contributed by atoms with Crippen LogP contribution in [0.5, 0.6) is 0 Å². The molecule has 1 aromatic rings. The van der Waals surface area contributed by atoms with E-state index in [4.69, 9.17) is 4.52 Å². The Labute approximate surface area is 58.5 Å². The maximum absolute atomic E-state index is 4.71. The third kappa shape index (κ3) is 1.02. The summed E-state index contributed by atoms with van der Waals surface area (Å²) < 4.78 is 5.88. The van der Waals surface area contributed by atoms with Gasteiger partial charge < -0.3 is 0 Å². The monoisotopic (exact) mass is 224 g/mol. The fraction of sp³-hybridized carbons (Fsp3) is 0.400. The Kier molecular flexibility index (Phi) is 1.88. The molecule has 0 aliphatic rings. The van der Waals surface area contributed by atoms with Gasteiger partial charge >= 0.3 is 58.3 Å². The number of alkyl halides is 1. The first-order chi connectivity index (χ1) is 3.84. The van der Waals surface area contributed by atoms with E-state index >= 15 is 0 Å². The molecule has 0 bridgehead atoms. The van der Waals surface area contributed by atoms with Crippen molar-refractivity contribution in [1.82, 2.24) is 5.16 Å². The minimum absolute atomic E-state index is 0.120. The summed E-state index contributed by atoms with van der Waals surface area (Å²) in [5, 5.41) is 3.81. The van der Waals surface area contributed by atoms with Crippen LogP contribution in [-0.2, 0) is 0 Å². The van der Waals surface area contributed by atoms with Crippen molar-refractivity contribution in [3.05, 3.63) is 15.5 Å². The van der Waals surface area contributed by atoms with Gasteiger partial charge in [0.25, 0.3) is 0 Å². The summed E-state index contributed by atoms with van der Waals surface area (Å²) in [6.07, 6.45) is 1.69. The van der Waals surface area contributed by atoms with Crippen molar-refractivity contribution in [2.24, 2.45) is 0 Å². The number of hydrogen-bond donors (Lipinski definition) is 0. The quantitative estimate of drug-likeness (QED) is 0.402. The van der Waals surface area contributed by atoms with E-state index in [0.29, 0.717) is 0 Å². The van der Waals surface area contributed by atoms with E-state index in [2.05, 4.69) is 10.1 Å². The van der Waals surface area contributed by atoms with Gasteiger partial charge in [0.2, 0.25) is 0 Å². The zero-order valence-electron chi connectivity index (χ0n) is 4.81. The number of aryl methyl sites for hydroxylation is 1. The van der Waals surface area contributed by atoms with Gasteiger partial charge in [-0.15, -0.1) is 0 Å². The molecule has 1 rings (SSSR count). The van der Waals surface area contributed by atoms with Gasteiger partial charge in [0.15, 0.2) is 0 Å². The fourth-order valence-corrected chi connectivity index (χ4v) is 1.74. The zero-order valence-corrected chi connectivity index (χ0v) is 6.97. The van der Waals surface area contributed by atoms with E-state index < -0.39 is 0 Å². The fourth-order valence-electron chi connectivity index (χ4n) is 0.456. The topological polar surface area (TPSA) is 26.0 Å². The first-order valence-corrected chi connectivity index (χ1v) is 5.48. The Balaban J connectivity index is 2.92. The van der Waals surface area contributed by atoms with Crippen LogP contribution in [0, 0.1) is 10.6 Å². The molecule has 8 heavy (non-hydrogen) atoms. The van der Waals surface area contributed by atoms with Gasteiger partial charge in [-0.25, -0.2) is 0 Å². The van der Waals surface area contributed by atoms with Crippen LogP contribution in [0.2, 0.25) is 0 Å². The van der Waals surface area contributed by atoms with Gasteiger partial charge in [-0.2, -0.15) is 0 Å². The van der Waals surface area contributed by atoms with Crippen LogP contribution >= 0.6 is 0 Å². The van der Waals surface area contributed by atoms with Crippen molar-refractivity contribution in [2.75, 3.05) is 4.93 Å². The second kappa shape index (κ2) is 2.48. The van der Waals surface area contributed by atoms with Gasteiger partial charge in [-0.1, -0.05) is 0 Å². The van der Waals surface area contributed by atoms with E-state index in [9.17, 15) is 0 Å². The van der Waals surface area contributed by atoms with Crippen LogP contribution in [0.4, 0.5) is 0 Å². The summed E-state index contributed by atoms with van der Waals surface area (Å²) in [5.41, 5.74) is 1.19. The molecule has 0 aliphatic heterocycles. The molecule has 0 spiro atoms. The SMILES string of the molecule is C[I-]c1nocc1C. The molecular formula is C5H7INO-. The molecule has 1 heterocycles. The Morgan fingerprint density at radius 2 is 2.50 bits per heavy atom. The van der Waals surface area contributed by atoms with Crippen LogP contribution in [0.1, 0.15) is 5.56 Å². The molecule has 0 atom stereocenters. The Bertz CT molecular complexity index is 173. The van der Waals surface area contributed by atoms with Crippen molar-refractivity contribution in [3.63, 3.8) is 0 Å². The Morgan fingerprint density at radius 1 is 1.75 bits per heavy atom. The van der Waals surface area contributed by atoms with Crippen LogP contribution in [0.25, 0.3) is 0 Å². The number of rotatable bonds is 1. The summed E-state index contributed by atoms with van der Waals surface area (Å²) in [6, 6.07) is 0. The number of halogens is 1. The van der Waals surface area contributed by atoms with E-state index in [0.717, 1.165) is 0 Å². The molecule has 2 nitrogen and oxygen atoms in total. The average Bonchev–Trinajstić information content (AvgIpc) is 2.14. The third-order valence-electron chi connectivity index (χ3n) is 0.867. The molecule has 0 saturated heterocycles. The summed E-state index contributed by atoms with van der Waals surface area (Å²) >= 11 is 0.120. The standard InChI is InChI=1S/C5H7INO/c1-4-3-8-7-5(4)6-2/h3H,1-2H3/q-1. The predicted octanol–water partition coefficient (Wildman–Crippen LogP) is -2.13. The molecule has 1 aromatic heterocycles. The second-order valence-corrected chi connectivity index (χ2v) is 3.58. The van der Waals surface area contributed by atoms with Gasteiger partial charge in [0.1, 0.15) is 0 Å². The second-order valence-electron chi connectivity index (χ2n) is 1.48. The average molecular weight is 224 g/mol. The molecule has 0 radical (unpaired) electrons. The van der Waals surface area contributed by atoms with Crippen molar-refractivity contribution in [3.8, 4) is 0 Å². The first-order valence-electron chi connectivity index (χ1n) is 2.25. The van der Waals surface area contributed by atoms with Crippen LogP contribution < -0.4 is 21.2 Å². The molecule has 46 valence electrons. The van der Waals surface area contributed by atoms with Crippen molar-refractivity contribution in [1.29, 1.82) is 0 Å². The third-order valence-corrected chi connectivity index (χ3v) is 2.94. The van der Waals surface area contributed by atoms with Crippen molar-refractivity contribution < 1.29 is 25.7 Å². The van der Waals surface area contributed by atoms with E-state index in [-0.39, 0.29) is 21.2 Å². The predicted molar refractivity (Wildman–Crippen MR) is 25.9 cm³/mol. The van der Waals surface area contributed by atoms with Crippen LogP contribution in [-0.4, -0.2) is 10.1 Å². The number of nitrogens with zero attached hydrogens (tertiary/aromatic N) is 1. The van der Waals surface area contributed by atoms with Gasteiger partial charge in [0.05, 0.1) is 0 Å². The first kappa shape index (κ1) is 6.07. The Hall–Kier alpha value is -0.0600. The molecular weight excluding hydrogens is 217 g/mol. The number of aromatic nitrogens is 1. The molecule has 3 heteroatoms. The Morgan fingerprint density at radius 3 is 2.75 bits per heavy atom. The summed E-state index contributed by atoms with van der Waals surface area (Å²) in [5.74, 6) is 0. The van der Waals surface area contributed by atoms with Gasteiger partial charge in [-0.05, 0) is 0 Å². The van der Waals surface area contributed by atoms with Crippen LogP contribution in [0.3, 0.4) is 0 Å². The molecule has 0 unspecified atom stereocenters. The van der Waals surface area contributed by atoms with Gasteiger partial charge in [-0.3, -0.25) is 0 Å². The molecule has 0 aliphatic carbocycles. The molecule has 0 amide bonds. The summed E-state index contributed by atoms with van der Waals surface area (Å²) in [6.45, 7) is 2.02. The van der Waals surface area contributed by atoms with E-state index in [1.165, 1.54) is 9.26 Å². The zero-order chi connectivity index (χ0) is 5.98. The molecule has 0 fully saturated rings. The van der Waals surface area contributed by atoms with E-state index in [1.54, 1.807) is 6.26 Å². The normalized spacial score (nSPS) is 10.2.